The van der Waals surface area contributed by atoms with E-state index in [1.54, 1.807) is 25.1 Å². The molecule has 0 spiro atoms. The van der Waals surface area contributed by atoms with Crippen molar-refractivity contribution in [3.8, 4) is 0 Å². The van der Waals surface area contributed by atoms with E-state index in [-0.39, 0.29) is 11.7 Å². The van der Waals surface area contributed by atoms with Crippen LogP contribution in [0.15, 0.2) is 24.3 Å². The van der Waals surface area contributed by atoms with Gasteiger partial charge in [-0.1, -0.05) is 18.2 Å². The molecule has 2 rings (SSSR count). The predicted molar refractivity (Wildman–Crippen MR) is 62.3 cm³/mol. The quantitative estimate of drug-likeness (QED) is 0.843. The van der Waals surface area contributed by atoms with Gasteiger partial charge in [0.1, 0.15) is 11.4 Å². The lowest BCUT2D eigenvalue weighted by atomic mass is 9.90. The Bertz CT molecular complexity index is 435. The summed E-state index contributed by atoms with van der Waals surface area (Å²) < 4.78 is 13.5. The van der Waals surface area contributed by atoms with Crippen molar-refractivity contribution in [2.75, 3.05) is 6.54 Å². The van der Waals surface area contributed by atoms with Crippen molar-refractivity contribution in [3.63, 3.8) is 0 Å². The fourth-order valence-corrected chi connectivity index (χ4v) is 2.37. The lowest BCUT2D eigenvalue weighted by Gasteiger charge is -2.18. The number of nitrogens with one attached hydrogen (secondary N) is 1. The van der Waals surface area contributed by atoms with Gasteiger partial charge in [-0.25, -0.2) is 4.39 Å². The fraction of sp³-hybridized carbons (Fsp3) is 0.462. The van der Waals surface area contributed by atoms with Gasteiger partial charge < -0.3 is 10.4 Å². The zero-order valence-corrected chi connectivity index (χ0v) is 9.74. The van der Waals surface area contributed by atoms with Crippen molar-refractivity contribution in [3.05, 3.63) is 35.6 Å². The highest BCUT2D eigenvalue weighted by Gasteiger charge is 2.40. The third kappa shape index (κ3) is 2.47. The van der Waals surface area contributed by atoms with Crippen LogP contribution >= 0.6 is 0 Å². The number of aliphatic carboxylic acids is 1. The second-order valence-corrected chi connectivity index (χ2v) is 4.88. The first-order valence-electron chi connectivity index (χ1n) is 5.73. The molecule has 1 aromatic carbocycles. The average Bonchev–Trinajstić information content (AvgIpc) is 2.65. The van der Waals surface area contributed by atoms with Gasteiger partial charge in [0.2, 0.25) is 0 Å². The van der Waals surface area contributed by atoms with Crippen LogP contribution in [0.3, 0.4) is 0 Å². The largest absolute Gasteiger partial charge is 0.480 e. The molecule has 0 bridgehead atoms. The highest BCUT2D eigenvalue weighted by atomic mass is 19.1. The van der Waals surface area contributed by atoms with Gasteiger partial charge >= 0.3 is 5.97 Å². The van der Waals surface area contributed by atoms with Crippen LogP contribution in [-0.2, 0) is 11.2 Å². The molecule has 1 aliphatic rings. The number of carboxylic acid groups (broad SMARTS) is 1. The molecule has 1 saturated heterocycles. The van der Waals surface area contributed by atoms with Crippen LogP contribution in [0, 0.1) is 11.7 Å². The van der Waals surface area contributed by atoms with Crippen LogP contribution in [0.5, 0.6) is 0 Å². The van der Waals surface area contributed by atoms with E-state index in [2.05, 4.69) is 5.32 Å². The SMILES string of the molecule is CC1(C(=O)O)CC(Cc2ccccc2F)CN1. The number of hydrogen-bond acceptors (Lipinski definition) is 2. The minimum Gasteiger partial charge on any atom is -0.480 e. The summed E-state index contributed by atoms with van der Waals surface area (Å²) in [6.07, 6.45) is 1.12. The van der Waals surface area contributed by atoms with E-state index < -0.39 is 11.5 Å². The van der Waals surface area contributed by atoms with Gasteiger partial charge in [0.25, 0.3) is 0 Å². The second-order valence-electron chi connectivity index (χ2n) is 4.88. The van der Waals surface area contributed by atoms with Crippen LogP contribution in [0.1, 0.15) is 18.9 Å². The first-order chi connectivity index (χ1) is 8.01. The van der Waals surface area contributed by atoms with E-state index in [1.165, 1.54) is 6.07 Å². The number of hydrogen-bond donors (Lipinski definition) is 2. The molecule has 1 heterocycles. The first-order valence-corrected chi connectivity index (χ1v) is 5.73. The Morgan fingerprint density at radius 1 is 1.59 bits per heavy atom. The van der Waals surface area contributed by atoms with Crippen molar-refractivity contribution >= 4 is 5.97 Å². The maximum Gasteiger partial charge on any atom is 0.323 e. The van der Waals surface area contributed by atoms with Gasteiger partial charge in [-0.15, -0.1) is 0 Å². The topological polar surface area (TPSA) is 49.3 Å². The van der Waals surface area contributed by atoms with E-state index in [1.807, 2.05) is 0 Å². The summed E-state index contributed by atoms with van der Waals surface area (Å²) in [7, 11) is 0. The normalized spacial score (nSPS) is 28.2. The van der Waals surface area contributed by atoms with Crippen LogP contribution in [-0.4, -0.2) is 23.2 Å². The molecule has 1 fully saturated rings. The molecule has 92 valence electrons. The summed E-state index contributed by atoms with van der Waals surface area (Å²) in [5, 5.41) is 12.1. The van der Waals surface area contributed by atoms with Gasteiger partial charge in [0.05, 0.1) is 0 Å². The number of benzene rings is 1. The zero-order chi connectivity index (χ0) is 12.5. The Morgan fingerprint density at radius 3 is 2.88 bits per heavy atom. The predicted octanol–water partition coefficient (Wildman–Crippen LogP) is 1.82. The molecule has 0 saturated carbocycles. The molecule has 2 unspecified atom stereocenters. The molecule has 0 aliphatic carbocycles. The molecule has 3 nitrogen and oxygen atoms in total. The molecular weight excluding hydrogens is 221 g/mol. The average molecular weight is 237 g/mol. The number of halogens is 1. The van der Waals surface area contributed by atoms with Gasteiger partial charge in [0, 0.05) is 0 Å². The summed E-state index contributed by atoms with van der Waals surface area (Å²) >= 11 is 0. The van der Waals surface area contributed by atoms with Crippen molar-refractivity contribution in [1.82, 2.24) is 5.32 Å². The van der Waals surface area contributed by atoms with Crippen molar-refractivity contribution < 1.29 is 14.3 Å². The molecule has 2 N–H and O–H groups in total. The Morgan fingerprint density at radius 2 is 2.29 bits per heavy atom. The standard InChI is InChI=1S/C13H16FNO2/c1-13(12(16)17)7-9(8-15-13)6-10-4-2-3-5-11(10)14/h2-5,9,15H,6-8H2,1H3,(H,16,17). The highest BCUT2D eigenvalue weighted by Crippen LogP contribution is 2.27. The van der Waals surface area contributed by atoms with Gasteiger partial charge in [-0.3, -0.25) is 4.79 Å². The Kier molecular flexibility index (Phi) is 3.15. The summed E-state index contributed by atoms with van der Waals surface area (Å²) in [5.74, 6) is -0.877. The minimum absolute atomic E-state index is 0.174. The maximum atomic E-state index is 13.5. The van der Waals surface area contributed by atoms with Crippen molar-refractivity contribution in [2.24, 2.45) is 5.92 Å². The number of carbonyl (C=O) groups is 1. The molecule has 1 aliphatic heterocycles. The summed E-state index contributed by atoms with van der Waals surface area (Å²) in [4.78, 5) is 11.1. The highest BCUT2D eigenvalue weighted by molar-refractivity contribution is 5.78. The second kappa shape index (κ2) is 4.45. The summed E-state index contributed by atoms with van der Waals surface area (Å²) in [6, 6.07) is 6.66. The van der Waals surface area contributed by atoms with E-state index in [4.69, 9.17) is 5.11 Å². The Labute approximate surface area is 99.7 Å². The van der Waals surface area contributed by atoms with Crippen LogP contribution < -0.4 is 5.32 Å². The molecule has 1 aromatic rings. The van der Waals surface area contributed by atoms with Crippen molar-refractivity contribution in [1.29, 1.82) is 0 Å². The first kappa shape index (κ1) is 12.0. The van der Waals surface area contributed by atoms with E-state index in [0.29, 0.717) is 24.9 Å². The van der Waals surface area contributed by atoms with E-state index in [9.17, 15) is 9.18 Å². The van der Waals surface area contributed by atoms with Gasteiger partial charge in [-0.2, -0.15) is 0 Å². The third-order valence-corrected chi connectivity index (χ3v) is 3.42. The molecule has 0 amide bonds. The molecule has 0 aromatic heterocycles. The fourth-order valence-electron chi connectivity index (χ4n) is 2.37. The zero-order valence-electron chi connectivity index (χ0n) is 9.74. The lowest BCUT2D eigenvalue weighted by molar-refractivity contribution is -0.143. The van der Waals surface area contributed by atoms with Crippen LogP contribution in [0.25, 0.3) is 0 Å². The molecule has 0 radical (unpaired) electrons. The third-order valence-electron chi connectivity index (χ3n) is 3.42. The minimum atomic E-state index is -0.865. The monoisotopic (exact) mass is 237 g/mol. The van der Waals surface area contributed by atoms with Crippen LogP contribution in [0.2, 0.25) is 0 Å². The van der Waals surface area contributed by atoms with Gasteiger partial charge in [-0.05, 0) is 43.9 Å². The summed E-state index contributed by atoms with van der Waals surface area (Å²) in [6.45, 7) is 2.30. The molecule has 17 heavy (non-hydrogen) atoms. The summed E-state index contributed by atoms with van der Waals surface area (Å²) in [5.41, 5.74) is -0.204. The molecule has 4 heteroatoms. The van der Waals surface area contributed by atoms with Crippen LogP contribution in [0.4, 0.5) is 4.39 Å². The van der Waals surface area contributed by atoms with Gasteiger partial charge in [0.15, 0.2) is 0 Å². The molecular formula is C13H16FNO2. The van der Waals surface area contributed by atoms with Crippen molar-refractivity contribution in [2.45, 2.75) is 25.3 Å². The lowest BCUT2D eigenvalue weighted by Crippen LogP contribution is -2.44. The number of carboxylic acids is 1. The Hall–Kier alpha value is -1.42. The Balaban J connectivity index is 2.04. The van der Waals surface area contributed by atoms with E-state index >= 15 is 0 Å². The molecule has 2 atom stereocenters. The smallest absolute Gasteiger partial charge is 0.323 e. The maximum absolute atomic E-state index is 13.5. The number of rotatable bonds is 3. The van der Waals surface area contributed by atoms with E-state index in [0.717, 1.165) is 0 Å².